The van der Waals surface area contributed by atoms with Gasteiger partial charge in [0.25, 0.3) is 0 Å². The molecule has 0 unspecified atom stereocenters. The highest BCUT2D eigenvalue weighted by Gasteiger charge is 2.61. The van der Waals surface area contributed by atoms with Crippen molar-refractivity contribution in [1.29, 1.82) is 0 Å². The van der Waals surface area contributed by atoms with E-state index in [4.69, 9.17) is 9.47 Å². The zero-order valence-electron chi connectivity index (χ0n) is 17.0. The predicted molar refractivity (Wildman–Crippen MR) is 102 cm³/mol. The molecule has 6 aliphatic rings. The minimum absolute atomic E-state index is 0.0923. The highest BCUT2D eigenvalue weighted by Crippen LogP contribution is 2.44. The Hall–Kier alpha value is -1.80. The summed E-state index contributed by atoms with van der Waals surface area (Å²) in [6, 6.07) is -0.915. The normalized spacial score (nSPS) is 45.9. The van der Waals surface area contributed by atoms with Crippen molar-refractivity contribution in [1.82, 2.24) is 9.80 Å². The van der Waals surface area contributed by atoms with E-state index >= 15 is 0 Å². The lowest BCUT2D eigenvalue weighted by Gasteiger charge is -2.26. The number of carbonyl (C=O) groups excluding carboxylic acids is 4. The Morgan fingerprint density at radius 2 is 0.833 bits per heavy atom. The van der Waals surface area contributed by atoms with Gasteiger partial charge < -0.3 is 9.47 Å². The fraction of sp³-hybridized carbons (Fsp3) is 0.818. The van der Waals surface area contributed by atoms with Crippen molar-refractivity contribution in [2.75, 3.05) is 13.2 Å². The molecule has 6 fully saturated rings. The molecular weight excluding hydrogens is 388 g/mol. The van der Waals surface area contributed by atoms with E-state index in [-0.39, 0.29) is 60.5 Å². The smallest absolute Gasteiger partial charge is 0.233 e. The molecule has 4 aliphatic heterocycles. The number of ether oxygens (including phenoxy) is 2. The van der Waals surface area contributed by atoms with Gasteiger partial charge in [0.05, 0.1) is 49.0 Å². The molecule has 0 N–H and O–H groups in total. The molecule has 0 aromatic carbocycles. The second-order valence-electron chi connectivity index (χ2n) is 9.82. The maximum atomic E-state index is 13.0. The van der Waals surface area contributed by atoms with Gasteiger partial charge in [-0.2, -0.15) is 0 Å². The van der Waals surface area contributed by atoms with Gasteiger partial charge in [0.2, 0.25) is 23.6 Å². The standard InChI is InChI=1S/C22H28N2O6/c25-19-11-5-1-2-6-12(11)20(26)23(19)15-9-29-18-16(10-30-17(15)18)24-21(27)13-7-3-4-8-14(13)22(24)28/h11-18H,1-10H2/t11-,12-,13-,14+,15+,16-,17+,18-/m0/s1. The highest BCUT2D eigenvalue weighted by molar-refractivity contribution is 6.06. The van der Waals surface area contributed by atoms with Crippen molar-refractivity contribution in [2.24, 2.45) is 23.7 Å². The molecule has 6 rings (SSSR count). The van der Waals surface area contributed by atoms with Gasteiger partial charge in [0.1, 0.15) is 12.2 Å². The molecule has 0 radical (unpaired) electrons. The first-order valence-corrected chi connectivity index (χ1v) is 11.5. The molecule has 2 saturated carbocycles. The SMILES string of the molecule is O=C1[C@H]2CCCC[C@@H]2C(=O)N1[C@@H]1CO[C@@H]2[C@@H]1OC[C@@H]2N1C(=O)[C@H]2CCCC[C@H]2C1=O. The Bertz CT molecular complexity index is 699. The van der Waals surface area contributed by atoms with Crippen LogP contribution < -0.4 is 0 Å². The van der Waals surface area contributed by atoms with Gasteiger partial charge in [-0.3, -0.25) is 29.0 Å². The summed E-state index contributed by atoms with van der Waals surface area (Å²) in [4.78, 5) is 54.9. The van der Waals surface area contributed by atoms with Crippen LogP contribution in [0, 0.1) is 23.7 Å². The molecule has 2 aliphatic carbocycles. The van der Waals surface area contributed by atoms with Gasteiger partial charge >= 0.3 is 0 Å². The fourth-order valence-corrected chi connectivity index (χ4v) is 6.93. The average Bonchev–Trinajstić information content (AvgIpc) is 3.48. The number of hydrogen-bond acceptors (Lipinski definition) is 6. The Kier molecular flexibility index (Phi) is 4.32. The van der Waals surface area contributed by atoms with Crippen LogP contribution in [0.15, 0.2) is 0 Å². The number of amides is 4. The maximum Gasteiger partial charge on any atom is 0.233 e. The molecule has 8 nitrogen and oxygen atoms in total. The first-order valence-electron chi connectivity index (χ1n) is 11.5. The van der Waals surface area contributed by atoms with Crippen molar-refractivity contribution in [3.63, 3.8) is 0 Å². The zero-order valence-corrected chi connectivity index (χ0v) is 17.0. The van der Waals surface area contributed by atoms with Crippen LogP contribution in [0.2, 0.25) is 0 Å². The molecule has 8 heteroatoms. The van der Waals surface area contributed by atoms with Crippen LogP contribution in [-0.2, 0) is 28.7 Å². The van der Waals surface area contributed by atoms with Crippen LogP contribution in [0.1, 0.15) is 51.4 Å². The van der Waals surface area contributed by atoms with Crippen molar-refractivity contribution < 1.29 is 28.7 Å². The van der Waals surface area contributed by atoms with Crippen LogP contribution in [0.3, 0.4) is 0 Å². The van der Waals surface area contributed by atoms with Crippen molar-refractivity contribution in [3.8, 4) is 0 Å². The van der Waals surface area contributed by atoms with Crippen molar-refractivity contribution >= 4 is 23.6 Å². The first-order chi connectivity index (χ1) is 14.6. The van der Waals surface area contributed by atoms with Gasteiger partial charge in [-0.05, 0) is 25.7 Å². The molecule has 4 heterocycles. The molecule has 4 amide bonds. The number of nitrogens with zero attached hydrogens (tertiary/aromatic N) is 2. The van der Waals surface area contributed by atoms with Gasteiger partial charge in [-0.1, -0.05) is 25.7 Å². The quantitative estimate of drug-likeness (QED) is 0.620. The number of hydrogen-bond donors (Lipinski definition) is 0. The molecule has 0 spiro atoms. The summed E-state index contributed by atoms with van der Waals surface area (Å²) in [6.45, 7) is 0.428. The van der Waals surface area contributed by atoms with Crippen molar-refractivity contribution in [3.05, 3.63) is 0 Å². The van der Waals surface area contributed by atoms with Crippen LogP contribution in [0.25, 0.3) is 0 Å². The predicted octanol–water partition coefficient (Wildman–Crippen LogP) is 0.872. The Morgan fingerprint density at radius 1 is 0.533 bits per heavy atom. The van der Waals surface area contributed by atoms with Crippen LogP contribution in [-0.4, -0.2) is 70.9 Å². The lowest BCUT2D eigenvalue weighted by atomic mass is 9.81. The van der Waals surface area contributed by atoms with E-state index in [0.717, 1.165) is 51.4 Å². The second-order valence-corrected chi connectivity index (χ2v) is 9.82. The highest BCUT2D eigenvalue weighted by atomic mass is 16.6. The lowest BCUT2D eigenvalue weighted by Crippen LogP contribution is -2.50. The Labute approximate surface area is 175 Å². The van der Waals surface area contributed by atoms with E-state index in [1.807, 2.05) is 0 Å². The largest absolute Gasteiger partial charge is 0.371 e. The summed E-state index contributed by atoms with van der Waals surface area (Å²) in [7, 11) is 0. The number of likely N-dealkylation sites (tertiary alicyclic amines) is 2. The van der Waals surface area contributed by atoms with E-state index < -0.39 is 24.3 Å². The summed E-state index contributed by atoms with van der Waals surface area (Å²) in [6.07, 6.45) is 6.11. The summed E-state index contributed by atoms with van der Waals surface area (Å²) >= 11 is 0. The monoisotopic (exact) mass is 416 g/mol. The molecule has 30 heavy (non-hydrogen) atoms. The van der Waals surface area contributed by atoms with E-state index in [1.54, 1.807) is 0 Å². The second kappa shape index (κ2) is 6.85. The maximum absolute atomic E-state index is 13.0. The van der Waals surface area contributed by atoms with E-state index in [9.17, 15) is 19.2 Å². The van der Waals surface area contributed by atoms with Gasteiger partial charge in [0, 0.05) is 0 Å². The van der Waals surface area contributed by atoms with E-state index in [0.29, 0.717) is 0 Å². The number of imide groups is 2. The third kappa shape index (κ3) is 2.46. The van der Waals surface area contributed by atoms with Gasteiger partial charge in [-0.15, -0.1) is 0 Å². The van der Waals surface area contributed by atoms with Gasteiger partial charge in [-0.25, -0.2) is 0 Å². The Morgan fingerprint density at radius 3 is 1.13 bits per heavy atom. The van der Waals surface area contributed by atoms with Crippen molar-refractivity contribution in [2.45, 2.75) is 75.7 Å². The van der Waals surface area contributed by atoms with Crippen LogP contribution >= 0.6 is 0 Å². The first kappa shape index (κ1) is 18.9. The minimum atomic E-state index is -0.466. The topological polar surface area (TPSA) is 93.2 Å². The number of rotatable bonds is 2. The van der Waals surface area contributed by atoms with Crippen LogP contribution in [0.4, 0.5) is 0 Å². The summed E-state index contributed by atoms with van der Waals surface area (Å²) in [5, 5.41) is 0. The zero-order chi connectivity index (χ0) is 20.6. The number of carbonyl (C=O) groups is 4. The minimum Gasteiger partial charge on any atom is -0.371 e. The summed E-state index contributed by atoms with van der Waals surface area (Å²) in [5.74, 6) is -1.18. The fourth-order valence-electron chi connectivity index (χ4n) is 6.93. The summed E-state index contributed by atoms with van der Waals surface area (Å²) in [5.41, 5.74) is 0. The third-order valence-corrected chi connectivity index (χ3v) is 8.41. The van der Waals surface area contributed by atoms with Gasteiger partial charge in [0.15, 0.2) is 0 Å². The number of fused-ring (bicyclic) bond motifs is 3. The molecule has 8 atom stereocenters. The third-order valence-electron chi connectivity index (χ3n) is 8.41. The molecule has 4 saturated heterocycles. The Balaban J connectivity index is 1.22. The summed E-state index contributed by atoms with van der Waals surface area (Å²) < 4.78 is 12.0. The average molecular weight is 416 g/mol. The molecule has 0 bridgehead atoms. The van der Waals surface area contributed by atoms with Crippen LogP contribution in [0.5, 0.6) is 0 Å². The van der Waals surface area contributed by atoms with E-state index in [2.05, 4.69) is 0 Å². The molecular formula is C22H28N2O6. The molecule has 0 aromatic rings. The lowest BCUT2D eigenvalue weighted by molar-refractivity contribution is -0.145. The molecule has 162 valence electrons. The van der Waals surface area contributed by atoms with E-state index in [1.165, 1.54) is 9.80 Å². The molecule has 0 aromatic heterocycles.